The first-order chi connectivity index (χ1) is 9.22. The van der Waals surface area contributed by atoms with Gasteiger partial charge in [0, 0.05) is 13.1 Å². The summed E-state index contributed by atoms with van der Waals surface area (Å²) in [4.78, 5) is 12.4. The number of amides is 1. The van der Waals surface area contributed by atoms with Gasteiger partial charge in [0.15, 0.2) is 0 Å². The highest BCUT2D eigenvalue weighted by atomic mass is 16.2. The molecule has 1 heterocycles. The van der Waals surface area contributed by atoms with Crippen molar-refractivity contribution in [3.63, 3.8) is 0 Å². The van der Waals surface area contributed by atoms with Crippen molar-refractivity contribution in [2.75, 3.05) is 13.1 Å². The minimum atomic E-state index is -0.193. The number of hydrogen-bond acceptors (Lipinski definition) is 2. The molecule has 0 aliphatic carbocycles. The fourth-order valence-electron chi connectivity index (χ4n) is 2.84. The van der Waals surface area contributed by atoms with Gasteiger partial charge in [-0.25, -0.2) is 0 Å². The molecule has 1 amide bonds. The van der Waals surface area contributed by atoms with E-state index in [1.807, 2.05) is 6.07 Å². The van der Waals surface area contributed by atoms with E-state index in [2.05, 4.69) is 42.7 Å². The Balaban J connectivity index is 2.00. The Morgan fingerprint density at radius 3 is 2.63 bits per heavy atom. The second kappa shape index (κ2) is 6.20. The average molecular weight is 260 g/mol. The largest absolute Gasteiger partial charge is 0.351 e. The van der Waals surface area contributed by atoms with E-state index in [0.717, 1.165) is 32.4 Å². The van der Waals surface area contributed by atoms with Crippen LogP contribution in [-0.2, 0) is 17.8 Å². The summed E-state index contributed by atoms with van der Waals surface area (Å²) in [6, 6.07) is 8.32. The summed E-state index contributed by atoms with van der Waals surface area (Å²) in [5.74, 6) is 0.200. The molecule has 0 saturated carbocycles. The molecule has 1 fully saturated rings. The maximum atomic E-state index is 12.4. The summed E-state index contributed by atoms with van der Waals surface area (Å²) in [7, 11) is 0. The van der Waals surface area contributed by atoms with E-state index in [4.69, 9.17) is 0 Å². The molecule has 3 heteroatoms. The van der Waals surface area contributed by atoms with E-state index < -0.39 is 0 Å². The van der Waals surface area contributed by atoms with Crippen LogP contribution in [0.4, 0.5) is 0 Å². The molecule has 0 bridgehead atoms. The molecule has 3 nitrogen and oxygen atoms in total. The first-order valence-electron chi connectivity index (χ1n) is 7.27. The standard InChI is InChI=1S/C16H24N2O/c1-3-13-7-5-6-8-14(13)11-18-15(19)16(4-2)9-10-17-12-16/h5-8,17H,3-4,9-12H2,1-2H3,(H,18,19). The van der Waals surface area contributed by atoms with Crippen LogP contribution in [0.2, 0.25) is 0 Å². The van der Waals surface area contributed by atoms with Crippen molar-refractivity contribution in [1.29, 1.82) is 0 Å². The van der Waals surface area contributed by atoms with Crippen LogP contribution in [0, 0.1) is 5.41 Å². The minimum absolute atomic E-state index is 0.193. The van der Waals surface area contributed by atoms with E-state index in [1.165, 1.54) is 11.1 Å². The minimum Gasteiger partial charge on any atom is -0.351 e. The maximum Gasteiger partial charge on any atom is 0.227 e. The summed E-state index contributed by atoms with van der Waals surface area (Å²) in [6.07, 6.45) is 2.86. The van der Waals surface area contributed by atoms with E-state index in [9.17, 15) is 4.79 Å². The lowest BCUT2D eigenvalue weighted by Crippen LogP contribution is -2.41. The molecule has 2 rings (SSSR count). The van der Waals surface area contributed by atoms with Crippen molar-refractivity contribution in [2.45, 2.75) is 39.7 Å². The van der Waals surface area contributed by atoms with Gasteiger partial charge in [-0.05, 0) is 36.9 Å². The van der Waals surface area contributed by atoms with Gasteiger partial charge in [0.2, 0.25) is 5.91 Å². The molecule has 0 radical (unpaired) electrons. The second-order valence-electron chi connectivity index (χ2n) is 5.37. The smallest absolute Gasteiger partial charge is 0.227 e. The summed E-state index contributed by atoms with van der Waals surface area (Å²) >= 11 is 0. The van der Waals surface area contributed by atoms with E-state index in [-0.39, 0.29) is 11.3 Å². The SMILES string of the molecule is CCc1ccccc1CNC(=O)C1(CC)CCNC1. The van der Waals surface area contributed by atoms with E-state index in [0.29, 0.717) is 6.54 Å². The number of benzene rings is 1. The zero-order chi connectivity index (χ0) is 13.7. The van der Waals surface area contributed by atoms with E-state index >= 15 is 0 Å². The van der Waals surface area contributed by atoms with Crippen LogP contribution in [0.3, 0.4) is 0 Å². The van der Waals surface area contributed by atoms with Gasteiger partial charge in [-0.3, -0.25) is 4.79 Å². The van der Waals surface area contributed by atoms with Gasteiger partial charge in [0.25, 0.3) is 0 Å². The molecule has 1 atom stereocenters. The third kappa shape index (κ3) is 2.98. The first kappa shape index (κ1) is 14.1. The Kier molecular flexibility index (Phi) is 4.59. The Labute approximate surface area is 115 Å². The molecule has 1 aliphatic rings. The molecule has 0 spiro atoms. The van der Waals surface area contributed by atoms with Gasteiger partial charge < -0.3 is 10.6 Å². The normalized spacial score (nSPS) is 22.4. The fraction of sp³-hybridized carbons (Fsp3) is 0.562. The second-order valence-corrected chi connectivity index (χ2v) is 5.37. The third-order valence-corrected chi connectivity index (χ3v) is 4.34. The van der Waals surface area contributed by atoms with Crippen molar-refractivity contribution < 1.29 is 4.79 Å². The summed E-state index contributed by atoms with van der Waals surface area (Å²) < 4.78 is 0. The van der Waals surface area contributed by atoms with Crippen LogP contribution >= 0.6 is 0 Å². The molecule has 1 unspecified atom stereocenters. The third-order valence-electron chi connectivity index (χ3n) is 4.34. The number of rotatable bonds is 5. The molecule has 2 N–H and O–H groups in total. The molecule has 19 heavy (non-hydrogen) atoms. The highest BCUT2D eigenvalue weighted by Crippen LogP contribution is 2.29. The molecule has 1 aliphatic heterocycles. The molecule has 104 valence electrons. The monoisotopic (exact) mass is 260 g/mol. The molecule has 1 saturated heterocycles. The predicted molar refractivity (Wildman–Crippen MR) is 77.9 cm³/mol. The lowest BCUT2D eigenvalue weighted by molar-refractivity contribution is -0.130. The predicted octanol–water partition coefficient (Wildman–Crippen LogP) is 2.25. The highest BCUT2D eigenvalue weighted by Gasteiger charge is 2.39. The lowest BCUT2D eigenvalue weighted by Gasteiger charge is -2.25. The van der Waals surface area contributed by atoms with Crippen LogP contribution in [0.25, 0.3) is 0 Å². The van der Waals surface area contributed by atoms with Crippen LogP contribution in [0.15, 0.2) is 24.3 Å². The number of nitrogens with one attached hydrogen (secondary N) is 2. The lowest BCUT2D eigenvalue weighted by atomic mass is 9.83. The maximum absolute atomic E-state index is 12.4. The highest BCUT2D eigenvalue weighted by molar-refractivity contribution is 5.83. The number of aryl methyl sites for hydroxylation is 1. The van der Waals surface area contributed by atoms with Crippen LogP contribution < -0.4 is 10.6 Å². The molecule has 1 aromatic rings. The van der Waals surface area contributed by atoms with Gasteiger partial charge in [-0.2, -0.15) is 0 Å². The molecule has 0 aromatic heterocycles. The Morgan fingerprint density at radius 1 is 1.32 bits per heavy atom. The zero-order valence-corrected chi connectivity index (χ0v) is 12.0. The van der Waals surface area contributed by atoms with Crippen LogP contribution in [0.5, 0.6) is 0 Å². The quantitative estimate of drug-likeness (QED) is 0.852. The molecular weight excluding hydrogens is 236 g/mol. The van der Waals surface area contributed by atoms with Crippen molar-refractivity contribution in [3.8, 4) is 0 Å². The van der Waals surface area contributed by atoms with Gasteiger partial charge in [-0.1, -0.05) is 38.1 Å². The molecule has 1 aromatic carbocycles. The summed E-state index contributed by atoms with van der Waals surface area (Å²) in [5, 5.41) is 6.43. The number of hydrogen-bond donors (Lipinski definition) is 2. The van der Waals surface area contributed by atoms with Gasteiger partial charge in [0.05, 0.1) is 5.41 Å². The number of carbonyl (C=O) groups excluding carboxylic acids is 1. The van der Waals surface area contributed by atoms with Crippen LogP contribution in [-0.4, -0.2) is 19.0 Å². The zero-order valence-electron chi connectivity index (χ0n) is 12.0. The number of carbonyl (C=O) groups is 1. The van der Waals surface area contributed by atoms with E-state index in [1.54, 1.807) is 0 Å². The van der Waals surface area contributed by atoms with Crippen LogP contribution in [0.1, 0.15) is 37.8 Å². The average Bonchev–Trinajstić information content (AvgIpc) is 2.95. The van der Waals surface area contributed by atoms with Gasteiger partial charge in [-0.15, -0.1) is 0 Å². The first-order valence-corrected chi connectivity index (χ1v) is 7.27. The van der Waals surface area contributed by atoms with Crippen molar-refractivity contribution in [3.05, 3.63) is 35.4 Å². The van der Waals surface area contributed by atoms with Crippen molar-refractivity contribution in [1.82, 2.24) is 10.6 Å². The Hall–Kier alpha value is -1.35. The fourth-order valence-corrected chi connectivity index (χ4v) is 2.84. The summed E-state index contributed by atoms with van der Waals surface area (Å²) in [5.41, 5.74) is 2.36. The summed E-state index contributed by atoms with van der Waals surface area (Å²) in [6.45, 7) is 6.66. The topological polar surface area (TPSA) is 41.1 Å². The van der Waals surface area contributed by atoms with Crippen molar-refractivity contribution in [2.24, 2.45) is 5.41 Å². The molecular formula is C16H24N2O. The van der Waals surface area contributed by atoms with Gasteiger partial charge >= 0.3 is 0 Å². The Morgan fingerprint density at radius 2 is 2.05 bits per heavy atom. The Bertz CT molecular complexity index is 436. The van der Waals surface area contributed by atoms with Gasteiger partial charge in [0.1, 0.15) is 0 Å². The van der Waals surface area contributed by atoms with Crippen molar-refractivity contribution >= 4 is 5.91 Å².